The molecule has 0 radical (unpaired) electrons. The van der Waals surface area contributed by atoms with Gasteiger partial charge in [-0.25, -0.2) is 0 Å². The summed E-state index contributed by atoms with van der Waals surface area (Å²) >= 11 is 1.71. The Morgan fingerprint density at radius 3 is 3.13 bits per heavy atom. The van der Waals surface area contributed by atoms with E-state index in [1.807, 2.05) is 18.6 Å². The van der Waals surface area contributed by atoms with E-state index in [0.29, 0.717) is 5.92 Å². The van der Waals surface area contributed by atoms with E-state index >= 15 is 0 Å². The Hall–Kier alpha value is -1.79. The molecule has 3 heterocycles. The predicted molar refractivity (Wildman–Crippen MR) is 91.4 cm³/mol. The van der Waals surface area contributed by atoms with Crippen LogP contribution in [0.15, 0.2) is 30.2 Å². The van der Waals surface area contributed by atoms with Crippen molar-refractivity contribution in [1.82, 2.24) is 20.2 Å². The Morgan fingerprint density at radius 1 is 1.43 bits per heavy atom. The minimum Gasteiger partial charge on any atom is -0.352 e. The molecule has 1 atom stereocenters. The van der Waals surface area contributed by atoms with Crippen molar-refractivity contribution in [2.45, 2.75) is 26.3 Å². The van der Waals surface area contributed by atoms with Gasteiger partial charge in [0, 0.05) is 48.7 Å². The summed E-state index contributed by atoms with van der Waals surface area (Å²) in [6, 6.07) is 1.78. The van der Waals surface area contributed by atoms with Gasteiger partial charge in [0.2, 0.25) is 0 Å². The fourth-order valence-corrected chi connectivity index (χ4v) is 3.70. The maximum atomic E-state index is 12.3. The topological polar surface area (TPSA) is 58.1 Å². The summed E-state index contributed by atoms with van der Waals surface area (Å²) in [5.41, 5.74) is 3.52. The standard InChI is InChI=1S/C17H22N4OS/c1-13-7-18-5-4-16(13)17(22)20-8-14-3-2-6-21(10-14)11-15-9-19-12-23-15/h4-5,7,9,12,14H,2-3,6,8,10-11H2,1H3,(H,20,22). The van der Waals surface area contributed by atoms with Gasteiger partial charge < -0.3 is 5.32 Å². The number of aryl methyl sites for hydroxylation is 1. The number of carbonyl (C=O) groups excluding carboxylic acids is 1. The summed E-state index contributed by atoms with van der Waals surface area (Å²) in [6.45, 7) is 5.79. The van der Waals surface area contributed by atoms with Gasteiger partial charge >= 0.3 is 0 Å². The second-order valence-corrected chi connectivity index (χ2v) is 7.08. The van der Waals surface area contributed by atoms with Crippen molar-refractivity contribution in [3.63, 3.8) is 0 Å². The van der Waals surface area contributed by atoms with E-state index in [1.165, 1.54) is 17.7 Å². The minimum atomic E-state index is 0.00415. The molecule has 3 rings (SSSR count). The van der Waals surface area contributed by atoms with Gasteiger partial charge in [-0.15, -0.1) is 11.3 Å². The van der Waals surface area contributed by atoms with Crippen LogP contribution < -0.4 is 5.32 Å². The number of nitrogens with zero attached hydrogens (tertiary/aromatic N) is 3. The molecule has 0 saturated carbocycles. The quantitative estimate of drug-likeness (QED) is 0.915. The lowest BCUT2D eigenvalue weighted by molar-refractivity contribution is 0.0930. The van der Waals surface area contributed by atoms with Crippen molar-refractivity contribution < 1.29 is 4.79 Å². The SMILES string of the molecule is Cc1cnccc1C(=O)NCC1CCCN(Cc2cncs2)C1. The third kappa shape index (κ3) is 4.36. The molecule has 1 fully saturated rings. The van der Waals surface area contributed by atoms with Crippen molar-refractivity contribution >= 4 is 17.2 Å². The Labute approximate surface area is 140 Å². The molecule has 1 amide bonds. The van der Waals surface area contributed by atoms with Gasteiger partial charge in [-0.1, -0.05) is 0 Å². The van der Waals surface area contributed by atoms with Crippen LogP contribution in [0.1, 0.15) is 33.6 Å². The minimum absolute atomic E-state index is 0.00415. The summed E-state index contributed by atoms with van der Waals surface area (Å²) in [7, 11) is 0. The van der Waals surface area contributed by atoms with Gasteiger partial charge in [-0.3, -0.25) is 19.7 Å². The lowest BCUT2D eigenvalue weighted by Crippen LogP contribution is -2.40. The zero-order chi connectivity index (χ0) is 16.1. The van der Waals surface area contributed by atoms with Crippen molar-refractivity contribution in [2.24, 2.45) is 5.92 Å². The van der Waals surface area contributed by atoms with E-state index in [1.54, 1.807) is 29.8 Å². The van der Waals surface area contributed by atoms with Gasteiger partial charge in [0.25, 0.3) is 5.91 Å². The Morgan fingerprint density at radius 2 is 2.35 bits per heavy atom. The van der Waals surface area contributed by atoms with Crippen molar-refractivity contribution in [3.05, 3.63) is 46.2 Å². The Kier molecular flexibility index (Phi) is 5.35. The first kappa shape index (κ1) is 16.1. The molecule has 1 aliphatic heterocycles. The smallest absolute Gasteiger partial charge is 0.251 e. The number of aromatic nitrogens is 2. The number of nitrogens with one attached hydrogen (secondary N) is 1. The van der Waals surface area contributed by atoms with Gasteiger partial charge in [0.05, 0.1) is 5.51 Å². The van der Waals surface area contributed by atoms with Crippen LogP contribution in [-0.4, -0.2) is 40.4 Å². The second-order valence-electron chi connectivity index (χ2n) is 6.11. The van der Waals surface area contributed by atoms with Crippen molar-refractivity contribution in [1.29, 1.82) is 0 Å². The maximum absolute atomic E-state index is 12.3. The average Bonchev–Trinajstić information content (AvgIpc) is 3.06. The lowest BCUT2D eigenvalue weighted by Gasteiger charge is -2.32. The number of amides is 1. The molecule has 23 heavy (non-hydrogen) atoms. The van der Waals surface area contributed by atoms with Crippen LogP contribution in [0.25, 0.3) is 0 Å². The summed E-state index contributed by atoms with van der Waals surface area (Å²) in [5.74, 6) is 0.521. The molecule has 2 aromatic heterocycles. The highest BCUT2D eigenvalue weighted by molar-refractivity contribution is 7.09. The highest BCUT2D eigenvalue weighted by Gasteiger charge is 2.21. The van der Waals surface area contributed by atoms with Crippen molar-refractivity contribution in [2.75, 3.05) is 19.6 Å². The van der Waals surface area contributed by atoms with Gasteiger partial charge in [0.1, 0.15) is 0 Å². The molecular weight excluding hydrogens is 308 g/mol. The Bertz CT molecular complexity index is 644. The third-order valence-electron chi connectivity index (χ3n) is 4.28. The normalized spacial score (nSPS) is 18.7. The number of carbonyl (C=O) groups is 1. The van der Waals surface area contributed by atoms with Crippen molar-refractivity contribution in [3.8, 4) is 0 Å². The first-order valence-electron chi connectivity index (χ1n) is 8.01. The summed E-state index contributed by atoms with van der Waals surface area (Å²) < 4.78 is 0. The first-order chi connectivity index (χ1) is 11.2. The summed E-state index contributed by atoms with van der Waals surface area (Å²) in [4.78, 5) is 24.2. The van der Waals surface area contributed by atoms with E-state index in [4.69, 9.17) is 0 Å². The molecule has 6 heteroatoms. The molecule has 0 spiro atoms. The molecule has 122 valence electrons. The first-order valence-corrected chi connectivity index (χ1v) is 8.89. The van der Waals surface area contributed by atoms with Crippen LogP contribution in [0.5, 0.6) is 0 Å². The highest BCUT2D eigenvalue weighted by atomic mass is 32.1. The van der Waals surface area contributed by atoms with E-state index in [0.717, 1.165) is 37.3 Å². The van der Waals surface area contributed by atoms with Crippen LogP contribution in [0, 0.1) is 12.8 Å². The Balaban J connectivity index is 1.50. The largest absolute Gasteiger partial charge is 0.352 e. The fourth-order valence-electron chi connectivity index (χ4n) is 3.06. The summed E-state index contributed by atoms with van der Waals surface area (Å²) in [6.07, 6.45) is 7.70. The number of thiazole rings is 1. The summed E-state index contributed by atoms with van der Waals surface area (Å²) in [5, 5.41) is 3.09. The molecular formula is C17H22N4OS. The van der Waals surface area contributed by atoms with Crippen LogP contribution in [-0.2, 0) is 6.54 Å². The van der Waals surface area contributed by atoms with Crippen LogP contribution in [0.4, 0.5) is 0 Å². The molecule has 5 nitrogen and oxygen atoms in total. The number of pyridine rings is 1. The monoisotopic (exact) mass is 330 g/mol. The molecule has 0 bridgehead atoms. The fraction of sp³-hybridized carbons (Fsp3) is 0.471. The molecule has 1 aliphatic rings. The molecule has 1 saturated heterocycles. The maximum Gasteiger partial charge on any atom is 0.251 e. The molecule has 1 unspecified atom stereocenters. The van der Waals surface area contributed by atoms with E-state index in [9.17, 15) is 4.79 Å². The van der Waals surface area contributed by atoms with E-state index in [-0.39, 0.29) is 5.91 Å². The number of rotatable bonds is 5. The average molecular weight is 330 g/mol. The number of hydrogen-bond donors (Lipinski definition) is 1. The lowest BCUT2D eigenvalue weighted by atomic mass is 9.97. The van der Waals surface area contributed by atoms with Crippen LogP contribution >= 0.6 is 11.3 Å². The molecule has 1 N–H and O–H groups in total. The van der Waals surface area contributed by atoms with Crippen LogP contribution in [0.2, 0.25) is 0 Å². The second kappa shape index (κ2) is 7.66. The number of piperidine rings is 1. The predicted octanol–water partition coefficient (Wildman–Crippen LogP) is 2.49. The van der Waals surface area contributed by atoms with Gasteiger partial charge in [0.15, 0.2) is 0 Å². The van der Waals surface area contributed by atoms with E-state index < -0.39 is 0 Å². The zero-order valence-electron chi connectivity index (χ0n) is 13.4. The third-order valence-corrected chi connectivity index (χ3v) is 5.05. The van der Waals surface area contributed by atoms with E-state index in [2.05, 4.69) is 20.2 Å². The van der Waals surface area contributed by atoms with Gasteiger partial charge in [-0.05, 0) is 43.9 Å². The number of likely N-dealkylation sites (tertiary alicyclic amines) is 1. The van der Waals surface area contributed by atoms with Gasteiger partial charge in [-0.2, -0.15) is 0 Å². The number of hydrogen-bond acceptors (Lipinski definition) is 5. The molecule has 0 aromatic carbocycles. The highest BCUT2D eigenvalue weighted by Crippen LogP contribution is 2.19. The van der Waals surface area contributed by atoms with Crippen LogP contribution in [0.3, 0.4) is 0 Å². The molecule has 2 aromatic rings. The molecule has 0 aliphatic carbocycles. The zero-order valence-corrected chi connectivity index (χ0v) is 14.2.